The highest BCUT2D eigenvalue weighted by Crippen LogP contribution is 2.08. The molecule has 0 unspecified atom stereocenters. The van der Waals surface area contributed by atoms with Gasteiger partial charge < -0.3 is 5.11 Å². The molecule has 0 radical (unpaired) electrons. The Bertz CT molecular complexity index is 451. The Morgan fingerprint density at radius 2 is 2.33 bits per heavy atom. The zero-order chi connectivity index (χ0) is 11.5. The van der Waals surface area contributed by atoms with Gasteiger partial charge >= 0.3 is 5.97 Å². The second-order valence-corrected chi connectivity index (χ2v) is 5.61. The highest BCUT2D eigenvalue weighted by atomic mass is 32.2. The fourth-order valence-corrected chi connectivity index (χ4v) is 2.46. The third-order valence-electron chi connectivity index (χ3n) is 1.42. The Balaban J connectivity index is 2.53. The maximum atomic E-state index is 11.1. The van der Waals surface area contributed by atoms with Crippen molar-refractivity contribution >= 4 is 27.3 Å². The molecule has 0 saturated heterocycles. The summed E-state index contributed by atoms with van der Waals surface area (Å²) in [6.45, 7) is 1.83. The number of aliphatic carboxylic acids is 1. The van der Waals surface area contributed by atoms with E-state index in [1.54, 1.807) is 12.3 Å². The highest BCUT2D eigenvalue weighted by Gasteiger charge is 2.15. The lowest BCUT2D eigenvalue weighted by molar-refractivity contribution is -0.134. The van der Waals surface area contributed by atoms with Crippen LogP contribution in [0.3, 0.4) is 0 Å². The molecule has 0 fully saturated rings. The van der Waals surface area contributed by atoms with E-state index in [1.165, 1.54) is 11.3 Å². The summed E-state index contributed by atoms with van der Waals surface area (Å²) < 4.78 is 24.4. The molecule has 15 heavy (non-hydrogen) atoms. The quantitative estimate of drug-likeness (QED) is 0.764. The van der Waals surface area contributed by atoms with Crippen molar-refractivity contribution in [3.63, 3.8) is 0 Å². The first-order valence-corrected chi connectivity index (χ1v) is 6.52. The largest absolute Gasteiger partial charge is 0.480 e. The van der Waals surface area contributed by atoms with Crippen LogP contribution in [0.2, 0.25) is 0 Å². The third kappa shape index (κ3) is 4.36. The number of sulfonamides is 1. The SMILES string of the molecule is Cc1csc(CNS(=O)(=O)CC(=O)O)n1. The number of carboxylic acid groups (broad SMARTS) is 1. The standard InChI is InChI=1S/C7H10N2O4S2/c1-5-3-14-6(9-5)2-8-15(12,13)4-7(10)11/h3,8H,2,4H2,1H3,(H,10,11). The van der Waals surface area contributed by atoms with E-state index >= 15 is 0 Å². The number of hydrogen-bond acceptors (Lipinski definition) is 5. The van der Waals surface area contributed by atoms with Crippen molar-refractivity contribution in [1.82, 2.24) is 9.71 Å². The fourth-order valence-electron chi connectivity index (χ4n) is 0.869. The molecule has 1 aromatic rings. The smallest absolute Gasteiger partial charge is 0.320 e. The van der Waals surface area contributed by atoms with Crippen molar-refractivity contribution in [1.29, 1.82) is 0 Å². The molecule has 1 heterocycles. The average Bonchev–Trinajstić information content (AvgIpc) is 2.46. The predicted molar refractivity (Wildman–Crippen MR) is 55.1 cm³/mol. The molecule has 0 bridgehead atoms. The van der Waals surface area contributed by atoms with Gasteiger partial charge in [-0.2, -0.15) is 0 Å². The van der Waals surface area contributed by atoms with E-state index < -0.39 is 21.7 Å². The Morgan fingerprint density at radius 3 is 2.80 bits per heavy atom. The van der Waals surface area contributed by atoms with Crippen molar-refractivity contribution in [2.24, 2.45) is 0 Å². The van der Waals surface area contributed by atoms with Gasteiger partial charge in [-0.1, -0.05) is 0 Å². The minimum Gasteiger partial charge on any atom is -0.480 e. The van der Waals surface area contributed by atoms with Crippen LogP contribution in [0.15, 0.2) is 5.38 Å². The number of carbonyl (C=O) groups is 1. The maximum absolute atomic E-state index is 11.1. The van der Waals surface area contributed by atoms with Crippen molar-refractivity contribution in [2.45, 2.75) is 13.5 Å². The van der Waals surface area contributed by atoms with Crippen LogP contribution >= 0.6 is 11.3 Å². The van der Waals surface area contributed by atoms with Crippen molar-refractivity contribution in [3.05, 3.63) is 16.1 Å². The van der Waals surface area contributed by atoms with Gasteiger partial charge in [-0.15, -0.1) is 11.3 Å². The van der Waals surface area contributed by atoms with Gasteiger partial charge in [0.25, 0.3) is 0 Å². The summed E-state index contributed by atoms with van der Waals surface area (Å²) in [7, 11) is -3.75. The Hall–Kier alpha value is -0.990. The van der Waals surface area contributed by atoms with E-state index in [0.29, 0.717) is 5.01 Å². The normalized spacial score (nSPS) is 11.5. The number of aryl methyl sites for hydroxylation is 1. The molecule has 8 heteroatoms. The minimum absolute atomic E-state index is 0.0358. The monoisotopic (exact) mass is 250 g/mol. The van der Waals surface area contributed by atoms with E-state index in [-0.39, 0.29) is 6.54 Å². The van der Waals surface area contributed by atoms with Gasteiger partial charge in [0.1, 0.15) is 5.01 Å². The second-order valence-electron chi connectivity index (χ2n) is 2.86. The molecule has 2 N–H and O–H groups in total. The van der Waals surface area contributed by atoms with Crippen LogP contribution in [0.5, 0.6) is 0 Å². The van der Waals surface area contributed by atoms with Crippen molar-refractivity contribution in [2.75, 3.05) is 5.75 Å². The number of carboxylic acids is 1. The summed E-state index contributed by atoms with van der Waals surface area (Å²) in [4.78, 5) is 14.2. The van der Waals surface area contributed by atoms with Gasteiger partial charge in [-0.25, -0.2) is 18.1 Å². The summed E-state index contributed by atoms with van der Waals surface area (Å²) in [6.07, 6.45) is 0. The lowest BCUT2D eigenvalue weighted by Gasteiger charge is -2.01. The molecule has 6 nitrogen and oxygen atoms in total. The highest BCUT2D eigenvalue weighted by molar-refractivity contribution is 7.90. The number of aromatic nitrogens is 1. The van der Waals surface area contributed by atoms with Crippen LogP contribution in [0.25, 0.3) is 0 Å². The van der Waals surface area contributed by atoms with Gasteiger partial charge in [0.05, 0.1) is 6.54 Å². The van der Waals surface area contributed by atoms with Crippen LogP contribution in [-0.4, -0.2) is 30.2 Å². The number of thiazole rings is 1. The minimum atomic E-state index is -3.75. The molecule has 1 rings (SSSR count). The lowest BCUT2D eigenvalue weighted by Crippen LogP contribution is -2.29. The van der Waals surface area contributed by atoms with E-state index in [2.05, 4.69) is 9.71 Å². The van der Waals surface area contributed by atoms with Crippen LogP contribution in [0.4, 0.5) is 0 Å². The fraction of sp³-hybridized carbons (Fsp3) is 0.429. The number of nitrogens with one attached hydrogen (secondary N) is 1. The van der Waals surface area contributed by atoms with E-state index in [9.17, 15) is 13.2 Å². The Labute approximate surface area is 91.0 Å². The van der Waals surface area contributed by atoms with E-state index in [4.69, 9.17) is 5.11 Å². The Morgan fingerprint density at radius 1 is 1.67 bits per heavy atom. The summed E-state index contributed by atoms with van der Waals surface area (Å²) in [5.74, 6) is -2.30. The summed E-state index contributed by atoms with van der Waals surface area (Å²) >= 11 is 1.32. The van der Waals surface area contributed by atoms with Crippen LogP contribution < -0.4 is 4.72 Å². The molecular formula is C7H10N2O4S2. The molecule has 0 spiro atoms. The number of hydrogen-bond donors (Lipinski definition) is 2. The van der Waals surface area contributed by atoms with E-state index in [0.717, 1.165) is 5.69 Å². The van der Waals surface area contributed by atoms with Gasteiger partial charge in [-0.05, 0) is 6.92 Å². The summed E-state index contributed by atoms with van der Waals surface area (Å²) in [6, 6.07) is 0. The molecular weight excluding hydrogens is 240 g/mol. The molecule has 0 aromatic carbocycles. The van der Waals surface area contributed by atoms with Gasteiger partial charge in [0.15, 0.2) is 5.75 Å². The van der Waals surface area contributed by atoms with Crippen LogP contribution in [0.1, 0.15) is 10.7 Å². The van der Waals surface area contributed by atoms with Gasteiger partial charge in [0, 0.05) is 11.1 Å². The topological polar surface area (TPSA) is 96.4 Å². The van der Waals surface area contributed by atoms with Crippen LogP contribution in [0, 0.1) is 6.92 Å². The first-order chi connectivity index (χ1) is 6.89. The average molecular weight is 250 g/mol. The van der Waals surface area contributed by atoms with Gasteiger partial charge in [-0.3, -0.25) is 4.79 Å². The molecule has 0 aliphatic carbocycles. The van der Waals surface area contributed by atoms with Crippen molar-refractivity contribution in [3.8, 4) is 0 Å². The molecule has 0 amide bonds. The predicted octanol–water partition coefficient (Wildman–Crippen LogP) is -0.0445. The molecule has 0 aliphatic heterocycles. The zero-order valence-electron chi connectivity index (χ0n) is 7.93. The third-order valence-corrected chi connectivity index (χ3v) is 3.60. The molecule has 1 aromatic heterocycles. The molecule has 84 valence electrons. The molecule has 0 atom stereocenters. The molecule has 0 saturated carbocycles. The van der Waals surface area contributed by atoms with Gasteiger partial charge in [0.2, 0.25) is 10.0 Å². The summed E-state index contributed by atoms with van der Waals surface area (Å²) in [5.41, 5.74) is 0.812. The van der Waals surface area contributed by atoms with Crippen LogP contribution in [-0.2, 0) is 21.4 Å². The first kappa shape index (κ1) is 12.1. The lowest BCUT2D eigenvalue weighted by atomic mass is 10.6. The second kappa shape index (κ2) is 4.69. The maximum Gasteiger partial charge on any atom is 0.320 e. The number of nitrogens with zero attached hydrogens (tertiary/aromatic N) is 1. The zero-order valence-corrected chi connectivity index (χ0v) is 9.56. The Kier molecular flexibility index (Phi) is 3.77. The van der Waals surface area contributed by atoms with E-state index in [1.807, 2.05) is 0 Å². The first-order valence-electron chi connectivity index (χ1n) is 3.99. The number of rotatable bonds is 5. The summed E-state index contributed by atoms with van der Waals surface area (Å²) in [5, 5.41) is 10.7. The van der Waals surface area contributed by atoms with Crippen molar-refractivity contribution < 1.29 is 18.3 Å². The molecule has 0 aliphatic rings.